The van der Waals surface area contributed by atoms with Crippen molar-refractivity contribution < 1.29 is 13.5 Å². The summed E-state index contributed by atoms with van der Waals surface area (Å²) < 4.78 is 33.2. The number of ether oxygens (including phenoxy) is 1. The summed E-state index contributed by atoms with van der Waals surface area (Å²) in [5.74, 6) is 1.16. The number of halogens is 2. The lowest BCUT2D eigenvalue weighted by Crippen LogP contribution is -2.20. The average molecular weight is 401 g/mol. The molecule has 0 heterocycles. The van der Waals surface area contributed by atoms with Gasteiger partial charge < -0.3 is 4.74 Å². The molecule has 3 rings (SSSR count). The maximum Gasteiger partial charge on any atom is 0.133 e. The molecule has 29 heavy (non-hydrogen) atoms. The van der Waals surface area contributed by atoms with Gasteiger partial charge in [0.05, 0.1) is 6.61 Å². The topological polar surface area (TPSA) is 9.23 Å². The molecule has 0 saturated heterocycles. The van der Waals surface area contributed by atoms with Gasteiger partial charge in [0.15, 0.2) is 0 Å². The van der Waals surface area contributed by atoms with Crippen LogP contribution in [-0.4, -0.2) is 6.61 Å². The molecule has 1 fully saturated rings. The van der Waals surface area contributed by atoms with Gasteiger partial charge in [0, 0.05) is 11.6 Å². The molecular formula is C26H34F2O. The molecular weight excluding hydrogens is 366 g/mol. The van der Waals surface area contributed by atoms with Crippen LogP contribution in [0.5, 0.6) is 5.75 Å². The molecule has 0 aliphatic heterocycles. The molecule has 0 atom stereocenters. The fourth-order valence-corrected chi connectivity index (χ4v) is 4.41. The summed E-state index contributed by atoms with van der Waals surface area (Å²) >= 11 is 0. The minimum atomic E-state index is -0.560. The van der Waals surface area contributed by atoms with Gasteiger partial charge in [-0.2, -0.15) is 0 Å². The van der Waals surface area contributed by atoms with Crippen molar-refractivity contribution in [3.05, 3.63) is 54.1 Å². The summed E-state index contributed by atoms with van der Waals surface area (Å²) in [7, 11) is 0. The first-order valence-corrected chi connectivity index (χ1v) is 11.3. The van der Waals surface area contributed by atoms with Gasteiger partial charge in [-0.1, -0.05) is 70.4 Å². The summed E-state index contributed by atoms with van der Waals surface area (Å²) in [5.41, 5.74) is 1.11. The fourth-order valence-electron chi connectivity index (χ4n) is 4.41. The Balaban J connectivity index is 1.43. The van der Waals surface area contributed by atoms with E-state index in [4.69, 9.17) is 4.74 Å². The van der Waals surface area contributed by atoms with E-state index < -0.39 is 11.6 Å². The van der Waals surface area contributed by atoms with Crippen molar-refractivity contribution in [2.45, 2.75) is 71.1 Å². The van der Waals surface area contributed by atoms with Crippen LogP contribution in [0, 0.1) is 23.5 Å². The highest BCUT2D eigenvalue weighted by molar-refractivity contribution is 5.65. The summed E-state index contributed by atoms with van der Waals surface area (Å²) in [5, 5.41) is 0. The van der Waals surface area contributed by atoms with Crippen molar-refractivity contribution in [1.29, 1.82) is 0 Å². The molecule has 3 heteroatoms. The summed E-state index contributed by atoms with van der Waals surface area (Å²) in [6.07, 6.45) is 13.4. The van der Waals surface area contributed by atoms with E-state index in [0.717, 1.165) is 24.3 Å². The van der Waals surface area contributed by atoms with Gasteiger partial charge in [-0.05, 0) is 54.5 Å². The van der Waals surface area contributed by atoms with Crippen LogP contribution in [0.15, 0.2) is 42.5 Å². The van der Waals surface area contributed by atoms with Crippen molar-refractivity contribution in [1.82, 2.24) is 0 Å². The van der Waals surface area contributed by atoms with Crippen LogP contribution in [-0.2, 0) is 0 Å². The second-order valence-corrected chi connectivity index (χ2v) is 8.55. The van der Waals surface area contributed by atoms with E-state index >= 15 is 0 Å². The standard InChI is InChI=1S/C26H34F2O/c1-2-3-4-5-6-8-20-11-13-21(14-12-20)19-29-24-10-7-9-22(17-24)25-16-15-23(27)18-26(25)28/h7,9-10,15-18,20-21H,2-6,8,11-14,19H2,1H3. The Morgan fingerprint density at radius 3 is 2.38 bits per heavy atom. The first-order valence-electron chi connectivity index (χ1n) is 11.3. The fraction of sp³-hybridized carbons (Fsp3) is 0.538. The van der Waals surface area contributed by atoms with Crippen LogP contribution in [0.3, 0.4) is 0 Å². The van der Waals surface area contributed by atoms with Gasteiger partial charge in [0.25, 0.3) is 0 Å². The van der Waals surface area contributed by atoms with Crippen molar-refractivity contribution >= 4 is 0 Å². The van der Waals surface area contributed by atoms with Crippen molar-refractivity contribution in [2.24, 2.45) is 11.8 Å². The zero-order chi connectivity index (χ0) is 20.5. The quantitative estimate of drug-likeness (QED) is 0.365. The highest BCUT2D eigenvalue weighted by Gasteiger charge is 2.21. The van der Waals surface area contributed by atoms with Crippen LogP contribution in [0.1, 0.15) is 71.1 Å². The molecule has 1 aliphatic carbocycles. The Morgan fingerprint density at radius 1 is 0.862 bits per heavy atom. The van der Waals surface area contributed by atoms with Crippen LogP contribution >= 0.6 is 0 Å². The lowest BCUT2D eigenvalue weighted by Gasteiger charge is -2.28. The summed E-state index contributed by atoms with van der Waals surface area (Å²) in [6, 6.07) is 11.1. The second kappa shape index (κ2) is 11.3. The van der Waals surface area contributed by atoms with E-state index in [9.17, 15) is 8.78 Å². The van der Waals surface area contributed by atoms with Crippen molar-refractivity contribution in [3.8, 4) is 16.9 Å². The Kier molecular flexibility index (Phi) is 8.52. The molecule has 2 aromatic carbocycles. The third-order valence-electron chi connectivity index (χ3n) is 6.24. The Bertz CT molecular complexity index is 750. The number of rotatable bonds is 10. The van der Waals surface area contributed by atoms with Gasteiger partial charge >= 0.3 is 0 Å². The monoisotopic (exact) mass is 400 g/mol. The van der Waals surface area contributed by atoms with Gasteiger partial charge in [0.1, 0.15) is 17.4 Å². The normalized spacial score (nSPS) is 19.3. The molecule has 0 bridgehead atoms. The molecule has 0 unspecified atom stereocenters. The third-order valence-corrected chi connectivity index (χ3v) is 6.24. The average Bonchev–Trinajstić information content (AvgIpc) is 2.73. The lowest BCUT2D eigenvalue weighted by atomic mass is 9.80. The minimum Gasteiger partial charge on any atom is -0.493 e. The van der Waals surface area contributed by atoms with Crippen molar-refractivity contribution in [3.63, 3.8) is 0 Å². The molecule has 1 saturated carbocycles. The van der Waals surface area contributed by atoms with Gasteiger partial charge in [-0.25, -0.2) is 8.78 Å². The maximum atomic E-state index is 14.0. The number of hydrogen-bond donors (Lipinski definition) is 0. The first-order chi connectivity index (χ1) is 14.2. The van der Waals surface area contributed by atoms with Crippen LogP contribution in [0.2, 0.25) is 0 Å². The Hall–Kier alpha value is -1.90. The van der Waals surface area contributed by atoms with E-state index in [2.05, 4.69) is 6.92 Å². The van der Waals surface area contributed by atoms with Gasteiger partial charge in [-0.15, -0.1) is 0 Å². The van der Waals surface area contributed by atoms with E-state index in [1.54, 1.807) is 0 Å². The van der Waals surface area contributed by atoms with E-state index in [1.165, 1.54) is 76.3 Å². The summed E-state index contributed by atoms with van der Waals surface area (Å²) in [6.45, 7) is 2.99. The third kappa shape index (κ3) is 6.83. The van der Waals surface area contributed by atoms with E-state index in [0.29, 0.717) is 17.0 Å². The molecule has 1 nitrogen and oxygen atoms in total. The zero-order valence-corrected chi connectivity index (χ0v) is 17.6. The highest BCUT2D eigenvalue weighted by Crippen LogP contribution is 2.33. The molecule has 0 radical (unpaired) electrons. The smallest absolute Gasteiger partial charge is 0.133 e. The predicted octanol–water partition coefficient (Wildman–Crippen LogP) is 8.18. The minimum absolute atomic E-state index is 0.399. The first kappa shape index (κ1) is 21.8. The van der Waals surface area contributed by atoms with Gasteiger partial charge in [0.2, 0.25) is 0 Å². The molecule has 0 N–H and O–H groups in total. The molecule has 0 spiro atoms. The Labute approximate surface area is 174 Å². The van der Waals surface area contributed by atoms with Crippen LogP contribution < -0.4 is 4.74 Å². The Morgan fingerprint density at radius 2 is 1.62 bits per heavy atom. The van der Waals surface area contributed by atoms with Crippen LogP contribution in [0.4, 0.5) is 8.78 Å². The molecule has 2 aromatic rings. The predicted molar refractivity (Wildman–Crippen MR) is 116 cm³/mol. The highest BCUT2D eigenvalue weighted by atomic mass is 19.1. The van der Waals surface area contributed by atoms with E-state index in [1.807, 2.05) is 24.3 Å². The zero-order valence-electron chi connectivity index (χ0n) is 17.6. The SMILES string of the molecule is CCCCCCCC1CCC(COc2cccc(-c3ccc(F)cc3F)c2)CC1. The molecule has 0 aromatic heterocycles. The second-order valence-electron chi connectivity index (χ2n) is 8.55. The number of benzene rings is 2. The van der Waals surface area contributed by atoms with E-state index in [-0.39, 0.29) is 0 Å². The molecule has 1 aliphatic rings. The number of unbranched alkanes of at least 4 members (excludes halogenated alkanes) is 4. The van der Waals surface area contributed by atoms with Crippen molar-refractivity contribution in [2.75, 3.05) is 6.61 Å². The molecule has 158 valence electrons. The summed E-state index contributed by atoms with van der Waals surface area (Å²) in [4.78, 5) is 0. The number of hydrogen-bond acceptors (Lipinski definition) is 1. The largest absolute Gasteiger partial charge is 0.493 e. The maximum absolute atomic E-state index is 14.0. The lowest BCUT2D eigenvalue weighted by molar-refractivity contribution is 0.177. The molecule has 0 amide bonds. The van der Waals surface area contributed by atoms with Gasteiger partial charge in [-0.3, -0.25) is 0 Å². The van der Waals surface area contributed by atoms with Crippen LogP contribution in [0.25, 0.3) is 11.1 Å².